The Bertz CT molecular complexity index is 811. The fraction of sp³-hybridized carbons (Fsp3) is 0.478. The zero-order valence-corrected chi connectivity index (χ0v) is 18.3. The first-order valence-electron chi connectivity index (χ1n) is 10.0. The number of aryl methyl sites for hydroxylation is 2. The second-order valence-corrected chi connectivity index (χ2v) is 9.68. The van der Waals surface area contributed by atoms with Crippen LogP contribution >= 0.6 is 34.3 Å². The van der Waals surface area contributed by atoms with Gasteiger partial charge < -0.3 is 0 Å². The van der Waals surface area contributed by atoms with Crippen LogP contribution in [0.2, 0.25) is 5.02 Å². The molecule has 0 aliphatic heterocycles. The van der Waals surface area contributed by atoms with Crippen LogP contribution in [0.25, 0.3) is 19.8 Å². The van der Waals surface area contributed by atoms with Gasteiger partial charge in [0.05, 0.1) is 14.6 Å². The van der Waals surface area contributed by atoms with Gasteiger partial charge in [0.2, 0.25) is 0 Å². The highest BCUT2D eigenvalue weighted by atomic mass is 35.5. The number of fused-ring (bicyclic) bond motifs is 1. The Kier molecular flexibility index (Phi) is 7.60. The first kappa shape index (κ1) is 19.9. The lowest BCUT2D eigenvalue weighted by molar-refractivity contribution is 0.634. The van der Waals surface area contributed by atoms with Gasteiger partial charge in [-0.05, 0) is 42.9 Å². The van der Waals surface area contributed by atoms with Crippen LogP contribution in [0.5, 0.6) is 0 Å². The highest BCUT2D eigenvalue weighted by Crippen LogP contribution is 2.46. The molecular weight excluding hydrogens is 376 g/mol. The van der Waals surface area contributed by atoms with E-state index in [4.69, 9.17) is 11.6 Å². The van der Waals surface area contributed by atoms with E-state index < -0.39 is 0 Å². The Labute approximate surface area is 171 Å². The van der Waals surface area contributed by atoms with E-state index in [0.29, 0.717) is 0 Å². The molecule has 140 valence electrons. The van der Waals surface area contributed by atoms with Gasteiger partial charge in [-0.15, -0.1) is 22.7 Å². The first-order chi connectivity index (χ1) is 12.7. The summed E-state index contributed by atoms with van der Waals surface area (Å²) in [6.07, 6.45) is 11.6. The summed E-state index contributed by atoms with van der Waals surface area (Å²) >= 11 is 10.5. The molecule has 3 aromatic rings. The molecule has 0 unspecified atom stereocenters. The van der Waals surface area contributed by atoms with Crippen LogP contribution in [-0.4, -0.2) is 0 Å². The number of unbranched alkanes of at least 4 members (excludes halogenated alkanes) is 5. The summed E-state index contributed by atoms with van der Waals surface area (Å²) in [5, 5.41) is 0.952. The standard InChI is InChI=1S/C23H29ClS2/c1-3-5-7-8-9-11-19-16-20-23(25-19)21(24)22(26-20)18-14-12-17(13-15-18)10-6-4-2/h12-16H,3-11H2,1-2H3. The van der Waals surface area contributed by atoms with Crippen LogP contribution < -0.4 is 0 Å². The van der Waals surface area contributed by atoms with E-state index in [1.165, 1.54) is 88.1 Å². The molecule has 26 heavy (non-hydrogen) atoms. The summed E-state index contributed by atoms with van der Waals surface area (Å²) in [6, 6.07) is 11.4. The summed E-state index contributed by atoms with van der Waals surface area (Å²) in [4.78, 5) is 2.72. The monoisotopic (exact) mass is 404 g/mol. The zero-order valence-electron chi connectivity index (χ0n) is 15.9. The molecule has 2 aromatic heterocycles. The lowest BCUT2D eigenvalue weighted by Crippen LogP contribution is -1.84. The van der Waals surface area contributed by atoms with Gasteiger partial charge in [-0.1, -0.05) is 81.8 Å². The molecule has 0 spiro atoms. The normalized spacial score (nSPS) is 11.5. The van der Waals surface area contributed by atoms with Crippen molar-refractivity contribution < 1.29 is 0 Å². The number of rotatable bonds is 10. The molecule has 0 N–H and O–H groups in total. The fourth-order valence-corrected chi connectivity index (χ4v) is 6.31. The molecule has 0 saturated heterocycles. The number of benzene rings is 1. The minimum atomic E-state index is 0.952. The number of halogens is 1. The van der Waals surface area contributed by atoms with E-state index in [-0.39, 0.29) is 0 Å². The molecule has 0 aliphatic carbocycles. The summed E-state index contributed by atoms with van der Waals surface area (Å²) in [5.74, 6) is 0. The van der Waals surface area contributed by atoms with Gasteiger partial charge in [-0.3, -0.25) is 0 Å². The Morgan fingerprint density at radius 1 is 0.808 bits per heavy atom. The van der Waals surface area contributed by atoms with Crippen LogP contribution in [0, 0.1) is 0 Å². The molecule has 0 fully saturated rings. The van der Waals surface area contributed by atoms with Crippen molar-refractivity contribution in [3.8, 4) is 10.4 Å². The lowest BCUT2D eigenvalue weighted by atomic mass is 10.1. The zero-order chi connectivity index (χ0) is 18.4. The van der Waals surface area contributed by atoms with Gasteiger partial charge >= 0.3 is 0 Å². The van der Waals surface area contributed by atoms with Gasteiger partial charge in [-0.2, -0.15) is 0 Å². The molecule has 0 saturated carbocycles. The third-order valence-electron chi connectivity index (χ3n) is 4.92. The Hall–Kier alpha value is -0.830. The van der Waals surface area contributed by atoms with Crippen molar-refractivity contribution in [3.63, 3.8) is 0 Å². The minimum Gasteiger partial charge on any atom is -0.138 e. The SMILES string of the molecule is CCCCCCCc1cc2sc(-c3ccc(CCCC)cc3)c(Cl)c2s1. The smallest absolute Gasteiger partial charge is 0.0770 e. The van der Waals surface area contributed by atoms with Crippen molar-refractivity contribution in [3.05, 3.63) is 45.8 Å². The molecular formula is C23H29ClS2. The molecule has 0 amide bonds. The summed E-state index contributed by atoms with van der Waals surface area (Å²) < 4.78 is 2.64. The average Bonchev–Trinajstić information content (AvgIpc) is 3.19. The summed E-state index contributed by atoms with van der Waals surface area (Å²) in [5.41, 5.74) is 2.68. The van der Waals surface area contributed by atoms with Gasteiger partial charge in [0.1, 0.15) is 0 Å². The molecule has 3 heteroatoms. The Balaban J connectivity index is 1.68. The van der Waals surface area contributed by atoms with Gasteiger partial charge in [-0.25, -0.2) is 0 Å². The van der Waals surface area contributed by atoms with E-state index >= 15 is 0 Å². The highest BCUT2D eigenvalue weighted by Gasteiger charge is 2.15. The quantitative estimate of drug-likeness (QED) is 0.295. The van der Waals surface area contributed by atoms with Crippen molar-refractivity contribution in [1.82, 2.24) is 0 Å². The van der Waals surface area contributed by atoms with E-state index in [0.717, 1.165) is 5.02 Å². The molecule has 0 nitrogen and oxygen atoms in total. The van der Waals surface area contributed by atoms with E-state index in [2.05, 4.69) is 44.2 Å². The second kappa shape index (κ2) is 9.92. The van der Waals surface area contributed by atoms with E-state index in [1.807, 2.05) is 22.7 Å². The molecule has 0 atom stereocenters. The highest BCUT2D eigenvalue weighted by molar-refractivity contribution is 7.30. The Morgan fingerprint density at radius 3 is 2.23 bits per heavy atom. The van der Waals surface area contributed by atoms with Gasteiger partial charge in [0.15, 0.2) is 0 Å². The molecule has 0 aliphatic rings. The maximum Gasteiger partial charge on any atom is 0.0770 e. The van der Waals surface area contributed by atoms with Crippen molar-refractivity contribution >= 4 is 43.7 Å². The van der Waals surface area contributed by atoms with Crippen LogP contribution in [0.3, 0.4) is 0 Å². The second-order valence-electron chi connectivity index (χ2n) is 7.12. The number of hydrogen-bond acceptors (Lipinski definition) is 2. The largest absolute Gasteiger partial charge is 0.138 e. The van der Waals surface area contributed by atoms with Crippen molar-refractivity contribution in [2.45, 2.75) is 71.6 Å². The summed E-state index contributed by atoms with van der Waals surface area (Å²) in [7, 11) is 0. The van der Waals surface area contributed by atoms with Crippen molar-refractivity contribution in [1.29, 1.82) is 0 Å². The third-order valence-corrected chi connectivity index (χ3v) is 8.05. The maximum absolute atomic E-state index is 6.75. The lowest BCUT2D eigenvalue weighted by Gasteiger charge is -2.03. The molecule has 1 aromatic carbocycles. The number of hydrogen-bond donors (Lipinski definition) is 0. The molecule has 2 heterocycles. The predicted molar refractivity (Wildman–Crippen MR) is 121 cm³/mol. The Morgan fingerprint density at radius 2 is 1.54 bits per heavy atom. The molecule has 3 rings (SSSR count). The van der Waals surface area contributed by atoms with E-state index in [1.54, 1.807) is 0 Å². The first-order valence-corrected chi connectivity index (χ1v) is 12.0. The van der Waals surface area contributed by atoms with Gasteiger partial charge in [0, 0.05) is 9.58 Å². The molecule has 0 bridgehead atoms. The number of thiophene rings is 2. The fourth-order valence-electron chi connectivity index (χ4n) is 3.32. The van der Waals surface area contributed by atoms with Gasteiger partial charge in [0.25, 0.3) is 0 Å². The van der Waals surface area contributed by atoms with Crippen LogP contribution in [-0.2, 0) is 12.8 Å². The van der Waals surface area contributed by atoms with Crippen LogP contribution in [0.4, 0.5) is 0 Å². The topological polar surface area (TPSA) is 0 Å². The average molecular weight is 405 g/mol. The van der Waals surface area contributed by atoms with E-state index in [9.17, 15) is 0 Å². The third kappa shape index (κ3) is 4.91. The predicted octanol–water partition coefficient (Wildman–Crippen LogP) is 9.14. The van der Waals surface area contributed by atoms with Crippen molar-refractivity contribution in [2.75, 3.05) is 0 Å². The maximum atomic E-state index is 6.75. The minimum absolute atomic E-state index is 0.952. The van der Waals surface area contributed by atoms with Crippen LogP contribution in [0.1, 0.15) is 69.2 Å². The molecule has 0 radical (unpaired) electrons. The van der Waals surface area contributed by atoms with Crippen molar-refractivity contribution in [2.24, 2.45) is 0 Å². The summed E-state index contributed by atoms with van der Waals surface area (Å²) in [6.45, 7) is 4.51. The van der Waals surface area contributed by atoms with Crippen LogP contribution in [0.15, 0.2) is 30.3 Å².